The van der Waals surface area contributed by atoms with E-state index in [-0.39, 0.29) is 21.7 Å². The Morgan fingerprint density at radius 3 is 2.40 bits per heavy atom. The van der Waals surface area contributed by atoms with Gasteiger partial charge in [-0.2, -0.15) is 5.10 Å². The topological polar surface area (TPSA) is 105 Å². The monoisotopic (exact) mass is 445 g/mol. The molecular formula is C20H20ClN5O3S. The molecule has 1 aromatic heterocycles. The van der Waals surface area contributed by atoms with E-state index in [9.17, 15) is 13.2 Å². The molecule has 1 heterocycles. The molecule has 0 unspecified atom stereocenters. The molecule has 4 rings (SSSR count). The first kappa shape index (κ1) is 20.4. The van der Waals surface area contributed by atoms with E-state index in [1.807, 2.05) is 30.3 Å². The van der Waals surface area contributed by atoms with Crippen LogP contribution in [0.15, 0.2) is 59.5 Å². The summed E-state index contributed by atoms with van der Waals surface area (Å²) in [5, 5.41) is 4.55. The van der Waals surface area contributed by atoms with E-state index in [4.69, 9.17) is 11.6 Å². The van der Waals surface area contributed by atoms with E-state index in [1.165, 1.54) is 16.8 Å². The molecule has 3 N–H and O–H groups in total. The second-order valence-electron chi connectivity index (χ2n) is 7.00. The van der Waals surface area contributed by atoms with Crippen LogP contribution in [0.1, 0.15) is 28.9 Å². The summed E-state index contributed by atoms with van der Waals surface area (Å²) in [5.74, 6) is -0.452. The second kappa shape index (κ2) is 8.10. The number of carbonyl (C=O) groups is 1. The van der Waals surface area contributed by atoms with Crippen LogP contribution in [0.5, 0.6) is 0 Å². The largest absolute Gasteiger partial charge is 0.298 e. The first-order chi connectivity index (χ1) is 14.3. The van der Waals surface area contributed by atoms with Crippen LogP contribution in [0, 0.1) is 6.92 Å². The number of amides is 1. The Morgan fingerprint density at radius 2 is 1.77 bits per heavy atom. The molecule has 0 saturated heterocycles. The van der Waals surface area contributed by atoms with Gasteiger partial charge in [0.1, 0.15) is 10.7 Å². The van der Waals surface area contributed by atoms with Crippen molar-refractivity contribution in [3.05, 3.63) is 71.0 Å². The van der Waals surface area contributed by atoms with E-state index in [2.05, 4.69) is 20.7 Å². The second-order valence-corrected chi connectivity index (χ2v) is 9.07. The average molecular weight is 446 g/mol. The van der Waals surface area contributed by atoms with Crippen molar-refractivity contribution in [3.8, 4) is 5.69 Å². The molecule has 30 heavy (non-hydrogen) atoms. The zero-order chi connectivity index (χ0) is 21.3. The Labute approximate surface area is 179 Å². The first-order valence-electron chi connectivity index (χ1n) is 9.34. The lowest BCUT2D eigenvalue weighted by Gasteiger charge is -2.10. The minimum absolute atomic E-state index is 0.0388. The fraction of sp³-hybridized carbons (Fsp3) is 0.200. The number of nitrogens with one attached hydrogen (secondary N) is 3. The standard InChI is InChI=1S/C20H20ClN5O3S/c1-13-18(19(21)26(24-13)16-5-3-2-4-6-16)20(27)23-22-14-9-11-17(12-10-14)30(28,29)25-15-7-8-15/h2-6,9-12,15,22,25H,7-8H2,1H3,(H,23,27). The molecule has 8 nitrogen and oxygen atoms in total. The summed E-state index contributed by atoms with van der Waals surface area (Å²) < 4.78 is 28.6. The maximum absolute atomic E-state index is 12.6. The molecule has 1 fully saturated rings. The van der Waals surface area contributed by atoms with Crippen LogP contribution >= 0.6 is 11.6 Å². The summed E-state index contributed by atoms with van der Waals surface area (Å²) in [6.07, 6.45) is 1.74. The average Bonchev–Trinajstić information content (AvgIpc) is 3.49. The number of anilines is 1. The third-order valence-electron chi connectivity index (χ3n) is 4.62. The molecule has 0 bridgehead atoms. The van der Waals surface area contributed by atoms with Gasteiger partial charge in [-0.1, -0.05) is 29.8 Å². The van der Waals surface area contributed by atoms with Crippen LogP contribution in [-0.4, -0.2) is 30.1 Å². The lowest BCUT2D eigenvalue weighted by Crippen LogP contribution is -2.30. The highest BCUT2D eigenvalue weighted by Crippen LogP contribution is 2.24. The van der Waals surface area contributed by atoms with Gasteiger partial charge in [0.2, 0.25) is 10.0 Å². The SMILES string of the molecule is Cc1nn(-c2ccccc2)c(Cl)c1C(=O)NNc1ccc(S(=O)(=O)NC2CC2)cc1. The van der Waals surface area contributed by atoms with Gasteiger partial charge in [0.25, 0.3) is 5.91 Å². The Kier molecular flexibility index (Phi) is 5.50. The van der Waals surface area contributed by atoms with Crippen molar-refractivity contribution in [2.24, 2.45) is 0 Å². The van der Waals surface area contributed by atoms with E-state index in [0.29, 0.717) is 11.4 Å². The Balaban J connectivity index is 1.44. The molecular weight excluding hydrogens is 426 g/mol. The number of carbonyl (C=O) groups excluding carboxylic acids is 1. The number of halogens is 1. The first-order valence-corrected chi connectivity index (χ1v) is 11.2. The molecule has 156 valence electrons. The van der Waals surface area contributed by atoms with Gasteiger partial charge >= 0.3 is 0 Å². The number of nitrogens with zero attached hydrogens (tertiary/aromatic N) is 2. The molecule has 2 aromatic carbocycles. The van der Waals surface area contributed by atoms with Crippen molar-refractivity contribution in [3.63, 3.8) is 0 Å². The number of rotatable bonds is 7. The van der Waals surface area contributed by atoms with Crippen molar-refractivity contribution in [2.45, 2.75) is 30.7 Å². The number of benzene rings is 2. The van der Waals surface area contributed by atoms with E-state index >= 15 is 0 Å². The lowest BCUT2D eigenvalue weighted by molar-refractivity contribution is 0.0962. The van der Waals surface area contributed by atoms with E-state index in [1.54, 1.807) is 19.1 Å². The van der Waals surface area contributed by atoms with Gasteiger partial charge in [0.15, 0.2) is 0 Å². The third kappa shape index (κ3) is 4.33. The number of aromatic nitrogens is 2. The van der Waals surface area contributed by atoms with Gasteiger partial charge in [0.05, 0.1) is 22.0 Å². The van der Waals surface area contributed by atoms with Gasteiger partial charge < -0.3 is 0 Å². The van der Waals surface area contributed by atoms with E-state index in [0.717, 1.165) is 18.5 Å². The number of hydrogen-bond donors (Lipinski definition) is 3. The fourth-order valence-electron chi connectivity index (χ4n) is 2.89. The van der Waals surface area contributed by atoms with Crippen molar-refractivity contribution < 1.29 is 13.2 Å². The number of aryl methyl sites for hydroxylation is 1. The molecule has 1 aliphatic rings. The van der Waals surface area contributed by atoms with Gasteiger partial charge in [0, 0.05) is 6.04 Å². The highest BCUT2D eigenvalue weighted by atomic mass is 35.5. The maximum atomic E-state index is 12.6. The molecule has 0 atom stereocenters. The zero-order valence-corrected chi connectivity index (χ0v) is 17.7. The van der Waals surface area contributed by atoms with Crippen LogP contribution in [0.25, 0.3) is 5.69 Å². The summed E-state index contributed by atoms with van der Waals surface area (Å²) in [5.41, 5.74) is 7.34. The smallest absolute Gasteiger partial charge is 0.274 e. The molecule has 1 amide bonds. The van der Waals surface area contributed by atoms with Crippen LogP contribution < -0.4 is 15.6 Å². The summed E-state index contributed by atoms with van der Waals surface area (Å²) in [6, 6.07) is 15.4. The predicted octanol–water partition coefficient (Wildman–Crippen LogP) is 3.03. The molecule has 1 aliphatic carbocycles. The van der Waals surface area contributed by atoms with Crippen LogP contribution in [0.2, 0.25) is 5.15 Å². The molecule has 0 radical (unpaired) electrons. The van der Waals surface area contributed by atoms with Crippen molar-refractivity contribution >= 4 is 33.2 Å². The fourth-order valence-corrected chi connectivity index (χ4v) is 4.56. The van der Waals surface area contributed by atoms with Crippen molar-refractivity contribution in [2.75, 3.05) is 5.43 Å². The Hall–Kier alpha value is -2.88. The summed E-state index contributed by atoms with van der Waals surface area (Å²) in [4.78, 5) is 12.8. The normalized spacial score (nSPS) is 13.8. The van der Waals surface area contributed by atoms with Crippen LogP contribution in [0.4, 0.5) is 5.69 Å². The summed E-state index contributed by atoms with van der Waals surface area (Å²) in [7, 11) is -3.52. The molecule has 10 heteroatoms. The Morgan fingerprint density at radius 1 is 1.10 bits per heavy atom. The van der Waals surface area contributed by atoms with E-state index < -0.39 is 15.9 Å². The van der Waals surface area contributed by atoms with Crippen LogP contribution in [-0.2, 0) is 10.0 Å². The van der Waals surface area contributed by atoms with Crippen molar-refractivity contribution in [1.82, 2.24) is 19.9 Å². The number of sulfonamides is 1. The molecule has 3 aromatic rings. The minimum Gasteiger partial charge on any atom is -0.298 e. The van der Waals surface area contributed by atoms with Crippen LogP contribution in [0.3, 0.4) is 0 Å². The Bertz CT molecular complexity index is 1170. The number of para-hydroxylation sites is 1. The van der Waals surface area contributed by atoms with Gasteiger partial charge in [-0.25, -0.2) is 17.8 Å². The molecule has 0 aliphatic heterocycles. The summed E-state index contributed by atoms with van der Waals surface area (Å²) in [6.45, 7) is 1.70. The van der Waals surface area contributed by atoms with Gasteiger partial charge in [-0.15, -0.1) is 0 Å². The molecule has 0 spiro atoms. The number of hydrogen-bond acceptors (Lipinski definition) is 5. The van der Waals surface area contributed by atoms with Gasteiger partial charge in [-0.3, -0.25) is 15.6 Å². The third-order valence-corrected chi connectivity index (χ3v) is 6.50. The maximum Gasteiger partial charge on any atom is 0.274 e. The number of hydrazine groups is 1. The quantitative estimate of drug-likeness (QED) is 0.485. The minimum atomic E-state index is -3.52. The van der Waals surface area contributed by atoms with Gasteiger partial charge in [-0.05, 0) is 56.2 Å². The molecule has 1 saturated carbocycles. The highest BCUT2D eigenvalue weighted by molar-refractivity contribution is 7.89. The zero-order valence-electron chi connectivity index (χ0n) is 16.1. The predicted molar refractivity (Wildman–Crippen MR) is 114 cm³/mol. The summed E-state index contributed by atoms with van der Waals surface area (Å²) >= 11 is 6.40. The highest BCUT2D eigenvalue weighted by Gasteiger charge is 2.28. The lowest BCUT2D eigenvalue weighted by atomic mass is 10.2. The van der Waals surface area contributed by atoms with Crippen molar-refractivity contribution in [1.29, 1.82) is 0 Å².